The van der Waals surface area contributed by atoms with Crippen LogP contribution in [0.5, 0.6) is 0 Å². The van der Waals surface area contributed by atoms with Crippen molar-refractivity contribution in [2.24, 2.45) is 0 Å². The van der Waals surface area contributed by atoms with Gasteiger partial charge in [-0.25, -0.2) is 9.78 Å². The molecule has 0 saturated carbocycles. The predicted octanol–water partition coefficient (Wildman–Crippen LogP) is 1.72. The molecule has 0 bridgehead atoms. The minimum Gasteiger partial charge on any atom is -0.465 e. The van der Waals surface area contributed by atoms with Gasteiger partial charge in [0.15, 0.2) is 0 Å². The van der Waals surface area contributed by atoms with Crippen molar-refractivity contribution in [2.45, 2.75) is 0 Å². The standard InChI is InChI=1S/C9H7N3O2/c13-9(14)12-8-4-6-2-1-3-10-7(6)5-11-8/h1-5H,(H,11,12)(H,13,14). The number of hydrogen-bond donors (Lipinski definition) is 2. The Morgan fingerprint density at radius 1 is 1.43 bits per heavy atom. The van der Waals surface area contributed by atoms with Gasteiger partial charge in [-0.2, -0.15) is 0 Å². The molecule has 0 fully saturated rings. The summed E-state index contributed by atoms with van der Waals surface area (Å²) in [7, 11) is 0. The van der Waals surface area contributed by atoms with Crippen molar-refractivity contribution in [2.75, 3.05) is 5.32 Å². The summed E-state index contributed by atoms with van der Waals surface area (Å²) < 4.78 is 0. The van der Waals surface area contributed by atoms with Gasteiger partial charge in [0, 0.05) is 11.6 Å². The zero-order chi connectivity index (χ0) is 9.97. The molecule has 2 N–H and O–H groups in total. The summed E-state index contributed by atoms with van der Waals surface area (Å²) in [6.45, 7) is 0. The third-order valence-corrected chi connectivity index (χ3v) is 1.72. The van der Waals surface area contributed by atoms with Gasteiger partial charge in [0.25, 0.3) is 0 Å². The SMILES string of the molecule is O=C(O)Nc1cc2cccnc2cn1. The van der Waals surface area contributed by atoms with Gasteiger partial charge in [-0.15, -0.1) is 0 Å². The first-order chi connectivity index (χ1) is 6.75. The molecule has 2 aromatic heterocycles. The number of amides is 1. The Kier molecular flexibility index (Phi) is 1.98. The number of nitrogens with zero attached hydrogens (tertiary/aromatic N) is 2. The van der Waals surface area contributed by atoms with E-state index in [1.807, 2.05) is 6.07 Å². The highest BCUT2D eigenvalue weighted by atomic mass is 16.4. The lowest BCUT2D eigenvalue weighted by Gasteiger charge is -2.00. The van der Waals surface area contributed by atoms with Gasteiger partial charge in [-0.3, -0.25) is 10.3 Å². The molecule has 5 nitrogen and oxygen atoms in total. The maximum absolute atomic E-state index is 10.3. The smallest absolute Gasteiger partial charge is 0.410 e. The van der Waals surface area contributed by atoms with E-state index in [9.17, 15) is 4.79 Å². The molecule has 2 aromatic rings. The van der Waals surface area contributed by atoms with Crippen molar-refractivity contribution in [3.63, 3.8) is 0 Å². The van der Waals surface area contributed by atoms with Crippen LogP contribution in [0.15, 0.2) is 30.6 Å². The molecule has 70 valence electrons. The lowest BCUT2D eigenvalue weighted by atomic mass is 10.2. The number of nitrogens with one attached hydrogen (secondary N) is 1. The molecule has 0 atom stereocenters. The molecular weight excluding hydrogens is 182 g/mol. The number of carbonyl (C=O) groups is 1. The topological polar surface area (TPSA) is 75.1 Å². The summed E-state index contributed by atoms with van der Waals surface area (Å²) in [4.78, 5) is 18.3. The number of aromatic nitrogens is 2. The molecule has 0 aromatic carbocycles. The summed E-state index contributed by atoms with van der Waals surface area (Å²) in [6, 6.07) is 5.26. The number of hydrogen-bond acceptors (Lipinski definition) is 3. The molecule has 5 heteroatoms. The number of pyridine rings is 2. The average molecular weight is 189 g/mol. The monoisotopic (exact) mass is 189 g/mol. The number of rotatable bonds is 1. The molecule has 14 heavy (non-hydrogen) atoms. The van der Waals surface area contributed by atoms with Gasteiger partial charge in [0.05, 0.1) is 11.7 Å². The van der Waals surface area contributed by atoms with Crippen molar-refractivity contribution in [3.8, 4) is 0 Å². The first-order valence-corrected chi connectivity index (χ1v) is 3.96. The van der Waals surface area contributed by atoms with E-state index in [0.717, 1.165) is 10.9 Å². The molecule has 0 spiro atoms. The highest BCUT2D eigenvalue weighted by Crippen LogP contribution is 2.13. The molecule has 0 unspecified atom stereocenters. The fourth-order valence-corrected chi connectivity index (χ4v) is 1.15. The second-order valence-electron chi connectivity index (χ2n) is 2.70. The van der Waals surface area contributed by atoms with Crippen LogP contribution in [-0.2, 0) is 0 Å². The van der Waals surface area contributed by atoms with Crippen molar-refractivity contribution >= 4 is 22.8 Å². The lowest BCUT2D eigenvalue weighted by molar-refractivity contribution is 0.209. The normalized spacial score (nSPS) is 10.0. The third-order valence-electron chi connectivity index (χ3n) is 1.72. The second-order valence-corrected chi connectivity index (χ2v) is 2.70. The van der Waals surface area contributed by atoms with Crippen LogP contribution in [0, 0.1) is 0 Å². The van der Waals surface area contributed by atoms with E-state index in [4.69, 9.17) is 5.11 Å². The molecule has 0 aliphatic carbocycles. The average Bonchev–Trinajstić information content (AvgIpc) is 2.17. The Hall–Kier alpha value is -2.17. The summed E-state index contributed by atoms with van der Waals surface area (Å²) in [5.41, 5.74) is 0.739. The van der Waals surface area contributed by atoms with Gasteiger partial charge < -0.3 is 5.11 Å². The minimum atomic E-state index is -1.12. The van der Waals surface area contributed by atoms with Crippen molar-refractivity contribution in [1.29, 1.82) is 0 Å². The fraction of sp³-hybridized carbons (Fsp3) is 0. The van der Waals surface area contributed by atoms with E-state index >= 15 is 0 Å². The fourth-order valence-electron chi connectivity index (χ4n) is 1.15. The van der Waals surface area contributed by atoms with Gasteiger partial charge in [-0.1, -0.05) is 6.07 Å². The zero-order valence-corrected chi connectivity index (χ0v) is 7.14. The van der Waals surface area contributed by atoms with Crippen LogP contribution in [0.25, 0.3) is 10.9 Å². The van der Waals surface area contributed by atoms with Crippen LogP contribution in [0.1, 0.15) is 0 Å². The molecule has 0 saturated heterocycles. The molecule has 0 aliphatic heterocycles. The summed E-state index contributed by atoms with van der Waals surface area (Å²) >= 11 is 0. The Morgan fingerprint density at radius 2 is 2.29 bits per heavy atom. The number of carboxylic acid groups (broad SMARTS) is 1. The largest absolute Gasteiger partial charge is 0.465 e. The Bertz CT molecular complexity index is 484. The van der Waals surface area contributed by atoms with E-state index in [2.05, 4.69) is 15.3 Å². The van der Waals surface area contributed by atoms with Crippen molar-refractivity contribution < 1.29 is 9.90 Å². The van der Waals surface area contributed by atoms with E-state index in [0.29, 0.717) is 5.82 Å². The second kappa shape index (κ2) is 3.29. The zero-order valence-electron chi connectivity index (χ0n) is 7.14. The van der Waals surface area contributed by atoms with Crippen LogP contribution in [0.2, 0.25) is 0 Å². The molecule has 0 radical (unpaired) electrons. The summed E-state index contributed by atoms with van der Waals surface area (Å²) in [5, 5.41) is 11.5. The third kappa shape index (κ3) is 1.61. The Labute approximate surface area is 79.4 Å². The van der Waals surface area contributed by atoms with Gasteiger partial charge >= 0.3 is 6.09 Å². The molecule has 2 heterocycles. The van der Waals surface area contributed by atoms with Crippen LogP contribution in [0.3, 0.4) is 0 Å². The maximum Gasteiger partial charge on any atom is 0.410 e. The van der Waals surface area contributed by atoms with E-state index in [-0.39, 0.29) is 0 Å². The van der Waals surface area contributed by atoms with Gasteiger partial charge in [-0.05, 0) is 12.1 Å². The summed E-state index contributed by atoms with van der Waals surface area (Å²) in [5.74, 6) is 0.304. The quantitative estimate of drug-likeness (QED) is 0.716. The highest BCUT2D eigenvalue weighted by molar-refractivity contribution is 5.86. The first-order valence-electron chi connectivity index (χ1n) is 3.96. The lowest BCUT2D eigenvalue weighted by Crippen LogP contribution is -2.08. The van der Waals surface area contributed by atoms with E-state index in [1.54, 1.807) is 18.3 Å². The van der Waals surface area contributed by atoms with Crippen molar-refractivity contribution in [3.05, 3.63) is 30.6 Å². The molecule has 0 aliphatic rings. The summed E-state index contributed by atoms with van der Waals surface area (Å²) in [6.07, 6.45) is 2.07. The van der Waals surface area contributed by atoms with Crippen molar-refractivity contribution in [1.82, 2.24) is 9.97 Å². The van der Waals surface area contributed by atoms with Crippen LogP contribution in [-0.4, -0.2) is 21.2 Å². The van der Waals surface area contributed by atoms with Crippen LogP contribution in [0.4, 0.5) is 10.6 Å². The number of anilines is 1. The van der Waals surface area contributed by atoms with E-state index in [1.165, 1.54) is 6.20 Å². The first kappa shape index (κ1) is 8.43. The minimum absolute atomic E-state index is 0.304. The Morgan fingerprint density at radius 3 is 3.07 bits per heavy atom. The maximum atomic E-state index is 10.3. The van der Waals surface area contributed by atoms with Crippen LogP contribution >= 0.6 is 0 Å². The molecular formula is C9H7N3O2. The highest BCUT2D eigenvalue weighted by Gasteiger charge is 2.00. The van der Waals surface area contributed by atoms with Gasteiger partial charge in [0.1, 0.15) is 5.82 Å². The molecule has 1 amide bonds. The van der Waals surface area contributed by atoms with E-state index < -0.39 is 6.09 Å². The Balaban J connectivity index is 2.46. The van der Waals surface area contributed by atoms with Gasteiger partial charge in [0.2, 0.25) is 0 Å². The molecule has 2 rings (SSSR count). The number of fused-ring (bicyclic) bond motifs is 1. The van der Waals surface area contributed by atoms with Crippen LogP contribution < -0.4 is 5.32 Å². The predicted molar refractivity (Wildman–Crippen MR) is 51.2 cm³/mol.